The van der Waals surface area contributed by atoms with Crippen LogP contribution in [0.15, 0.2) is 17.5 Å². The molecular weight excluding hydrogens is 302 g/mol. The second-order valence-corrected chi connectivity index (χ2v) is 7.25. The molecule has 0 saturated carbocycles. The van der Waals surface area contributed by atoms with Gasteiger partial charge in [0, 0.05) is 29.3 Å². The fourth-order valence-electron chi connectivity index (χ4n) is 2.01. The molecule has 0 fully saturated rings. The van der Waals surface area contributed by atoms with Gasteiger partial charge in [-0.15, -0.1) is 22.7 Å². The van der Waals surface area contributed by atoms with E-state index >= 15 is 0 Å². The molecule has 2 N–H and O–H groups in total. The van der Waals surface area contributed by atoms with E-state index in [1.54, 1.807) is 22.7 Å². The van der Waals surface area contributed by atoms with E-state index in [0.717, 1.165) is 17.1 Å². The smallest absolute Gasteiger partial charge is 0.224 e. The first-order valence-corrected chi connectivity index (χ1v) is 8.73. The van der Waals surface area contributed by atoms with Crippen LogP contribution in [0.3, 0.4) is 0 Å². The zero-order valence-corrected chi connectivity index (χ0v) is 14.2. The molecule has 0 radical (unpaired) electrons. The summed E-state index contributed by atoms with van der Waals surface area (Å²) in [5.74, 6) is 0.114. The number of rotatable bonds is 7. The van der Waals surface area contributed by atoms with Crippen molar-refractivity contribution in [2.75, 3.05) is 20.1 Å². The Bertz CT molecular complexity index is 591. The van der Waals surface area contributed by atoms with Crippen LogP contribution in [0.25, 0.3) is 10.6 Å². The Balaban J connectivity index is 1.82. The van der Waals surface area contributed by atoms with Crippen LogP contribution in [-0.2, 0) is 11.2 Å². The molecule has 0 aromatic carbocycles. The molecule has 21 heavy (non-hydrogen) atoms. The number of carbonyl (C=O) groups excluding carboxylic acids is 1. The van der Waals surface area contributed by atoms with Crippen LogP contribution in [-0.4, -0.2) is 31.0 Å². The summed E-state index contributed by atoms with van der Waals surface area (Å²) in [6, 6.07) is 4.23. The molecule has 6 heteroatoms. The molecule has 0 spiro atoms. The van der Waals surface area contributed by atoms with Crippen molar-refractivity contribution in [3.8, 4) is 10.6 Å². The van der Waals surface area contributed by atoms with Crippen LogP contribution in [0.5, 0.6) is 0 Å². The molecule has 0 aliphatic heterocycles. The summed E-state index contributed by atoms with van der Waals surface area (Å²) in [5.41, 5.74) is 1.06. The van der Waals surface area contributed by atoms with Crippen molar-refractivity contribution in [1.29, 1.82) is 0 Å². The van der Waals surface area contributed by atoms with E-state index < -0.39 is 0 Å². The van der Waals surface area contributed by atoms with Crippen molar-refractivity contribution in [3.05, 3.63) is 27.4 Å². The summed E-state index contributed by atoms with van der Waals surface area (Å²) in [5, 5.41) is 9.18. The summed E-state index contributed by atoms with van der Waals surface area (Å²) >= 11 is 3.42. The monoisotopic (exact) mass is 323 g/mol. The van der Waals surface area contributed by atoms with Gasteiger partial charge in [-0.1, -0.05) is 6.92 Å². The minimum atomic E-state index is 0.00637. The Labute approximate surface area is 133 Å². The highest BCUT2D eigenvalue weighted by Gasteiger charge is 2.11. The van der Waals surface area contributed by atoms with Crippen molar-refractivity contribution in [2.24, 2.45) is 5.92 Å². The highest BCUT2D eigenvalue weighted by atomic mass is 32.1. The van der Waals surface area contributed by atoms with Crippen molar-refractivity contribution in [2.45, 2.75) is 20.3 Å². The lowest BCUT2D eigenvalue weighted by Gasteiger charge is -2.10. The molecule has 1 atom stereocenters. The molecule has 2 aromatic rings. The molecule has 4 nitrogen and oxygen atoms in total. The summed E-state index contributed by atoms with van der Waals surface area (Å²) in [6.45, 7) is 5.34. The van der Waals surface area contributed by atoms with Gasteiger partial charge in [0.15, 0.2) is 0 Å². The van der Waals surface area contributed by atoms with Crippen molar-refractivity contribution in [3.63, 3.8) is 0 Å². The summed E-state index contributed by atoms with van der Waals surface area (Å²) < 4.78 is 0. The number of hydrogen-bond acceptors (Lipinski definition) is 5. The Kier molecular flexibility index (Phi) is 5.90. The van der Waals surface area contributed by atoms with E-state index in [0.29, 0.717) is 13.1 Å². The van der Waals surface area contributed by atoms with Gasteiger partial charge in [-0.25, -0.2) is 4.98 Å². The molecule has 0 saturated heterocycles. The average molecular weight is 323 g/mol. The lowest BCUT2D eigenvalue weighted by Crippen LogP contribution is -2.35. The van der Waals surface area contributed by atoms with Crippen LogP contribution >= 0.6 is 22.7 Å². The van der Waals surface area contributed by atoms with E-state index in [2.05, 4.69) is 33.1 Å². The topological polar surface area (TPSA) is 54.0 Å². The third-order valence-corrected chi connectivity index (χ3v) is 5.10. The molecule has 0 aliphatic carbocycles. The molecule has 1 amide bonds. The van der Waals surface area contributed by atoms with Gasteiger partial charge in [0.25, 0.3) is 0 Å². The van der Waals surface area contributed by atoms with Crippen molar-refractivity contribution < 1.29 is 4.79 Å². The third-order valence-electron chi connectivity index (χ3n) is 3.16. The van der Waals surface area contributed by atoms with Crippen LogP contribution in [0.1, 0.15) is 16.8 Å². The summed E-state index contributed by atoms with van der Waals surface area (Å²) in [4.78, 5) is 18.8. The molecule has 2 heterocycles. The highest BCUT2D eigenvalue weighted by molar-refractivity contribution is 7.16. The van der Waals surface area contributed by atoms with Gasteiger partial charge in [0.2, 0.25) is 5.91 Å². The van der Waals surface area contributed by atoms with Gasteiger partial charge >= 0.3 is 0 Å². The number of carbonyl (C=O) groups is 1. The fourth-order valence-corrected chi connectivity index (χ4v) is 3.66. The van der Waals surface area contributed by atoms with Crippen LogP contribution in [0.4, 0.5) is 0 Å². The normalized spacial score (nSPS) is 12.3. The lowest BCUT2D eigenvalue weighted by molar-refractivity contribution is -0.124. The number of aryl methyl sites for hydroxylation is 1. The van der Waals surface area contributed by atoms with E-state index in [1.165, 1.54) is 9.75 Å². The first-order chi connectivity index (χ1) is 10.1. The maximum Gasteiger partial charge on any atom is 0.224 e. The van der Waals surface area contributed by atoms with Gasteiger partial charge in [0.1, 0.15) is 0 Å². The van der Waals surface area contributed by atoms with Crippen molar-refractivity contribution >= 4 is 28.6 Å². The van der Waals surface area contributed by atoms with E-state index in [4.69, 9.17) is 0 Å². The quantitative estimate of drug-likeness (QED) is 0.824. The zero-order valence-electron chi connectivity index (χ0n) is 12.6. The molecule has 114 valence electrons. The second kappa shape index (κ2) is 7.68. The third kappa shape index (κ3) is 4.62. The van der Waals surface area contributed by atoms with E-state index in [-0.39, 0.29) is 11.8 Å². The van der Waals surface area contributed by atoms with Gasteiger partial charge in [-0.3, -0.25) is 4.79 Å². The number of hydrogen-bond donors (Lipinski definition) is 2. The number of thiophene rings is 1. The maximum absolute atomic E-state index is 11.8. The Hall–Kier alpha value is -1.24. The lowest BCUT2D eigenvalue weighted by atomic mass is 10.1. The Morgan fingerprint density at radius 2 is 2.24 bits per heavy atom. The number of thiazole rings is 1. The van der Waals surface area contributed by atoms with Gasteiger partial charge in [-0.05, 0) is 32.5 Å². The largest absolute Gasteiger partial charge is 0.355 e. The number of aromatic nitrogens is 1. The number of nitrogens with zero attached hydrogens (tertiary/aromatic N) is 1. The van der Waals surface area contributed by atoms with Gasteiger partial charge in [0.05, 0.1) is 15.6 Å². The molecule has 0 bridgehead atoms. The van der Waals surface area contributed by atoms with E-state index in [9.17, 15) is 4.79 Å². The first-order valence-electron chi connectivity index (χ1n) is 7.03. The van der Waals surface area contributed by atoms with E-state index in [1.807, 2.05) is 20.9 Å². The van der Waals surface area contributed by atoms with Crippen LogP contribution in [0.2, 0.25) is 0 Å². The maximum atomic E-state index is 11.8. The Morgan fingerprint density at radius 3 is 2.90 bits per heavy atom. The molecule has 1 unspecified atom stereocenters. The summed E-state index contributed by atoms with van der Waals surface area (Å²) in [7, 11) is 1.86. The average Bonchev–Trinajstić information content (AvgIpc) is 3.07. The number of amides is 1. The molecule has 2 rings (SSSR count). The molecule has 0 aliphatic rings. The predicted molar refractivity (Wildman–Crippen MR) is 90.0 cm³/mol. The zero-order chi connectivity index (χ0) is 15.2. The molecule has 2 aromatic heterocycles. The SMILES string of the molecule is CNCC(C)C(=O)NCCc1ccc(-c2csc(C)n2)s1. The minimum absolute atomic E-state index is 0.00637. The van der Waals surface area contributed by atoms with Crippen LogP contribution < -0.4 is 10.6 Å². The van der Waals surface area contributed by atoms with Gasteiger partial charge in [-0.2, -0.15) is 0 Å². The van der Waals surface area contributed by atoms with Crippen LogP contribution in [0, 0.1) is 12.8 Å². The second-order valence-electron chi connectivity index (χ2n) is 5.02. The fraction of sp³-hybridized carbons (Fsp3) is 0.467. The van der Waals surface area contributed by atoms with Gasteiger partial charge < -0.3 is 10.6 Å². The number of nitrogens with one attached hydrogen (secondary N) is 2. The predicted octanol–water partition coefficient (Wildman–Crippen LogP) is 2.69. The van der Waals surface area contributed by atoms with Crippen molar-refractivity contribution in [1.82, 2.24) is 15.6 Å². The highest BCUT2D eigenvalue weighted by Crippen LogP contribution is 2.29. The Morgan fingerprint density at radius 1 is 1.43 bits per heavy atom. The molecular formula is C15H21N3OS2. The minimum Gasteiger partial charge on any atom is -0.355 e. The summed E-state index contributed by atoms with van der Waals surface area (Å²) in [6.07, 6.45) is 0.867. The first kappa shape index (κ1) is 16.1. The standard InChI is InChI=1S/C15H21N3OS2/c1-10(8-16-3)15(19)17-7-6-12-4-5-14(21-12)13-9-20-11(2)18-13/h4-5,9-10,16H,6-8H2,1-3H3,(H,17,19).